The number of carbonyl (C=O) groups is 1. The number of anilines is 2. The summed E-state index contributed by atoms with van der Waals surface area (Å²) in [6.45, 7) is 1.95. The van der Waals surface area contributed by atoms with Crippen molar-refractivity contribution < 1.29 is 14.3 Å². The molecule has 0 spiro atoms. The highest BCUT2D eigenvalue weighted by Gasteiger charge is 2.18. The first-order valence-electron chi connectivity index (χ1n) is 8.56. The highest BCUT2D eigenvalue weighted by molar-refractivity contribution is 6.08. The minimum Gasteiger partial charge on any atom is -0.496 e. The lowest BCUT2D eigenvalue weighted by Crippen LogP contribution is -2.16. The number of carbonyl (C=O) groups excluding carboxylic acids is 1. The number of amides is 1. The van der Waals surface area contributed by atoms with E-state index in [9.17, 15) is 4.79 Å². The number of hydrogen-bond acceptors (Lipinski definition) is 5. The van der Waals surface area contributed by atoms with Crippen LogP contribution in [0, 0.1) is 0 Å². The van der Waals surface area contributed by atoms with Gasteiger partial charge < -0.3 is 25.0 Å². The molecule has 2 N–H and O–H groups in total. The Morgan fingerprint density at radius 1 is 0.962 bits per heavy atom. The summed E-state index contributed by atoms with van der Waals surface area (Å²) in [7, 11) is 7.19. The predicted octanol–water partition coefficient (Wildman–Crippen LogP) is 3.32. The van der Waals surface area contributed by atoms with Gasteiger partial charge in [0, 0.05) is 17.9 Å². The van der Waals surface area contributed by atoms with E-state index in [2.05, 4.69) is 29.6 Å². The summed E-state index contributed by atoms with van der Waals surface area (Å²) in [6.07, 6.45) is 1.07. The maximum Gasteiger partial charge on any atom is 0.263 e. The lowest BCUT2D eigenvalue weighted by molar-refractivity contribution is 0.102. The molecule has 26 heavy (non-hydrogen) atoms. The van der Waals surface area contributed by atoms with Gasteiger partial charge in [-0.15, -0.1) is 0 Å². The van der Waals surface area contributed by atoms with Crippen molar-refractivity contribution in [2.75, 3.05) is 52.0 Å². The molecule has 0 heterocycles. The van der Waals surface area contributed by atoms with Crippen LogP contribution < -0.4 is 20.1 Å². The van der Waals surface area contributed by atoms with Crippen molar-refractivity contribution >= 4 is 17.3 Å². The number of methoxy groups -OCH3 is 2. The van der Waals surface area contributed by atoms with Crippen molar-refractivity contribution in [2.24, 2.45) is 0 Å². The summed E-state index contributed by atoms with van der Waals surface area (Å²) in [5.41, 5.74) is 2.11. The normalized spacial score (nSPS) is 10.5. The van der Waals surface area contributed by atoms with Gasteiger partial charge in [-0.1, -0.05) is 6.07 Å². The molecule has 0 aliphatic heterocycles. The smallest absolute Gasteiger partial charge is 0.263 e. The van der Waals surface area contributed by atoms with E-state index in [4.69, 9.17) is 9.47 Å². The van der Waals surface area contributed by atoms with Gasteiger partial charge in [-0.3, -0.25) is 4.79 Å². The third-order valence-corrected chi connectivity index (χ3v) is 3.91. The molecule has 0 aliphatic rings. The van der Waals surface area contributed by atoms with Gasteiger partial charge in [-0.25, -0.2) is 0 Å². The van der Waals surface area contributed by atoms with Crippen LogP contribution in [0.25, 0.3) is 0 Å². The van der Waals surface area contributed by atoms with Crippen LogP contribution in [0.4, 0.5) is 11.4 Å². The number of hydrogen-bond donors (Lipinski definition) is 2. The molecule has 0 saturated heterocycles. The van der Waals surface area contributed by atoms with Gasteiger partial charge in [0.1, 0.15) is 17.1 Å². The number of nitrogens with one attached hydrogen (secondary N) is 2. The number of nitrogens with zero attached hydrogens (tertiary/aromatic N) is 1. The van der Waals surface area contributed by atoms with Gasteiger partial charge in [0.15, 0.2) is 0 Å². The van der Waals surface area contributed by atoms with E-state index in [1.807, 2.05) is 24.3 Å². The largest absolute Gasteiger partial charge is 0.496 e. The molecule has 1 amide bonds. The second-order valence-electron chi connectivity index (χ2n) is 6.15. The SMILES string of the molecule is COc1cccc(OC)c1C(=O)Nc1ccc(NCCCN(C)C)cc1. The molecule has 0 bridgehead atoms. The average molecular weight is 357 g/mol. The molecule has 0 saturated carbocycles. The Labute approximate surface area is 155 Å². The Morgan fingerprint density at radius 3 is 2.08 bits per heavy atom. The quantitative estimate of drug-likeness (QED) is 0.674. The van der Waals surface area contributed by atoms with E-state index in [1.165, 1.54) is 14.2 Å². The number of benzene rings is 2. The molecule has 0 radical (unpaired) electrons. The maximum atomic E-state index is 12.6. The van der Waals surface area contributed by atoms with Gasteiger partial charge in [-0.05, 0) is 63.5 Å². The standard InChI is InChI=1S/C20H27N3O3/c1-23(2)14-6-13-21-15-9-11-16(12-10-15)22-20(24)19-17(25-3)7-5-8-18(19)26-4/h5,7-12,21H,6,13-14H2,1-4H3,(H,22,24). The predicted molar refractivity (Wildman–Crippen MR) is 106 cm³/mol. The molecule has 0 aromatic heterocycles. The van der Waals surface area contributed by atoms with Gasteiger partial charge in [0.25, 0.3) is 5.91 Å². The monoisotopic (exact) mass is 357 g/mol. The van der Waals surface area contributed by atoms with Crippen molar-refractivity contribution in [2.45, 2.75) is 6.42 Å². The first-order valence-corrected chi connectivity index (χ1v) is 8.56. The van der Waals surface area contributed by atoms with Crippen molar-refractivity contribution in [3.63, 3.8) is 0 Å². The molecular weight excluding hydrogens is 330 g/mol. The summed E-state index contributed by atoms with van der Waals surface area (Å²) < 4.78 is 10.6. The molecule has 140 valence electrons. The maximum absolute atomic E-state index is 12.6. The van der Waals surface area contributed by atoms with E-state index < -0.39 is 0 Å². The molecule has 6 nitrogen and oxygen atoms in total. The van der Waals surface area contributed by atoms with E-state index >= 15 is 0 Å². The van der Waals surface area contributed by atoms with Gasteiger partial charge in [-0.2, -0.15) is 0 Å². The Balaban J connectivity index is 2.00. The van der Waals surface area contributed by atoms with Crippen LogP contribution in [0.1, 0.15) is 16.8 Å². The van der Waals surface area contributed by atoms with Gasteiger partial charge in [0.2, 0.25) is 0 Å². The van der Waals surface area contributed by atoms with Crippen molar-refractivity contribution in [3.05, 3.63) is 48.0 Å². The van der Waals surface area contributed by atoms with Crippen LogP contribution in [-0.2, 0) is 0 Å². The van der Waals surface area contributed by atoms with Crippen LogP contribution >= 0.6 is 0 Å². The van der Waals surface area contributed by atoms with Gasteiger partial charge in [0.05, 0.1) is 14.2 Å². The second-order valence-corrected chi connectivity index (χ2v) is 6.15. The number of ether oxygens (including phenoxy) is 2. The molecule has 0 fully saturated rings. The minimum absolute atomic E-state index is 0.272. The van der Waals surface area contributed by atoms with Crippen molar-refractivity contribution in [1.82, 2.24) is 4.90 Å². The third kappa shape index (κ3) is 5.39. The van der Waals surface area contributed by atoms with Crippen LogP contribution in [0.3, 0.4) is 0 Å². The van der Waals surface area contributed by atoms with Crippen LogP contribution in [0.2, 0.25) is 0 Å². The first kappa shape index (κ1) is 19.6. The zero-order valence-corrected chi connectivity index (χ0v) is 15.8. The topological polar surface area (TPSA) is 62.8 Å². The lowest BCUT2D eigenvalue weighted by atomic mass is 10.1. The average Bonchev–Trinajstić information content (AvgIpc) is 2.65. The molecule has 0 atom stereocenters. The summed E-state index contributed by atoms with van der Waals surface area (Å²) in [4.78, 5) is 14.8. The molecule has 0 aliphatic carbocycles. The zero-order valence-electron chi connectivity index (χ0n) is 15.8. The van der Waals surface area contributed by atoms with Crippen LogP contribution in [0.15, 0.2) is 42.5 Å². The van der Waals surface area contributed by atoms with E-state index in [0.29, 0.717) is 22.7 Å². The molecule has 6 heteroatoms. The summed E-state index contributed by atoms with van der Waals surface area (Å²) >= 11 is 0. The fourth-order valence-corrected chi connectivity index (χ4v) is 2.57. The van der Waals surface area contributed by atoms with Gasteiger partial charge >= 0.3 is 0 Å². The Morgan fingerprint density at radius 2 is 1.54 bits per heavy atom. The van der Waals surface area contributed by atoms with Crippen LogP contribution in [0.5, 0.6) is 11.5 Å². The van der Waals surface area contributed by atoms with E-state index in [1.54, 1.807) is 18.2 Å². The van der Waals surface area contributed by atoms with E-state index in [0.717, 1.165) is 25.2 Å². The third-order valence-electron chi connectivity index (χ3n) is 3.91. The highest BCUT2D eigenvalue weighted by atomic mass is 16.5. The van der Waals surface area contributed by atoms with Crippen molar-refractivity contribution in [1.29, 1.82) is 0 Å². The molecular formula is C20H27N3O3. The fourth-order valence-electron chi connectivity index (χ4n) is 2.57. The fraction of sp³-hybridized carbons (Fsp3) is 0.350. The Kier molecular flexibility index (Phi) is 7.29. The zero-order chi connectivity index (χ0) is 18.9. The lowest BCUT2D eigenvalue weighted by Gasteiger charge is -2.13. The first-order chi connectivity index (χ1) is 12.5. The summed E-state index contributed by atoms with van der Waals surface area (Å²) in [6, 6.07) is 12.9. The Hall–Kier alpha value is -2.73. The molecule has 2 aromatic carbocycles. The summed E-state index contributed by atoms with van der Waals surface area (Å²) in [5, 5.41) is 6.25. The second kappa shape index (κ2) is 9.68. The summed E-state index contributed by atoms with van der Waals surface area (Å²) in [5.74, 6) is 0.674. The highest BCUT2D eigenvalue weighted by Crippen LogP contribution is 2.29. The minimum atomic E-state index is -0.272. The Bertz CT molecular complexity index is 692. The van der Waals surface area contributed by atoms with Crippen LogP contribution in [-0.4, -0.2) is 52.2 Å². The van der Waals surface area contributed by atoms with E-state index in [-0.39, 0.29) is 5.91 Å². The van der Waals surface area contributed by atoms with Crippen molar-refractivity contribution in [3.8, 4) is 11.5 Å². The molecule has 0 unspecified atom stereocenters. The molecule has 2 rings (SSSR count). The molecule has 2 aromatic rings. The number of rotatable bonds is 9.